The van der Waals surface area contributed by atoms with Crippen LogP contribution in [-0.2, 0) is 10.4 Å². The minimum Gasteiger partial charge on any atom is -0.491 e. The van der Waals surface area contributed by atoms with Gasteiger partial charge in [-0.1, -0.05) is 37.3 Å². The van der Waals surface area contributed by atoms with Gasteiger partial charge in [0.15, 0.2) is 0 Å². The zero-order valence-electron chi connectivity index (χ0n) is 17.2. The van der Waals surface area contributed by atoms with Gasteiger partial charge in [-0.05, 0) is 45.4 Å². The van der Waals surface area contributed by atoms with Crippen LogP contribution >= 0.6 is 0 Å². The molecule has 2 unspecified atom stereocenters. The summed E-state index contributed by atoms with van der Waals surface area (Å²) in [6, 6.07) is 15.7. The fourth-order valence-electron chi connectivity index (χ4n) is 3.80. The number of nitrogens with one attached hydrogen (secondary N) is 1. The first-order chi connectivity index (χ1) is 13.5. The van der Waals surface area contributed by atoms with Crippen molar-refractivity contribution in [3.8, 4) is 5.75 Å². The molecule has 5 nitrogen and oxygen atoms in total. The topological polar surface area (TPSA) is 50.8 Å². The monoisotopic (exact) mass is 382 g/mol. The van der Waals surface area contributed by atoms with E-state index in [0.29, 0.717) is 25.4 Å². The fraction of sp³-hybridized carbons (Fsp3) is 0.435. The van der Waals surface area contributed by atoms with Gasteiger partial charge in [0.2, 0.25) is 0 Å². The van der Waals surface area contributed by atoms with Crippen LogP contribution in [0.1, 0.15) is 50.0 Å². The number of anilines is 1. The zero-order chi connectivity index (χ0) is 20.1. The molecule has 0 bridgehead atoms. The third kappa shape index (κ3) is 3.72. The minimum absolute atomic E-state index is 0.0373. The van der Waals surface area contributed by atoms with Crippen molar-refractivity contribution in [3.05, 3.63) is 59.7 Å². The van der Waals surface area contributed by atoms with Crippen molar-refractivity contribution in [2.75, 3.05) is 25.1 Å². The van der Waals surface area contributed by atoms with E-state index in [0.717, 1.165) is 23.4 Å². The molecular formula is C23H30N2O3. The van der Waals surface area contributed by atoms with Crippen LogP contribution in [0.2, 0.25) is 0 Å². The van der Waals surface area contributed by atoms with Crippen LogP contribution in [0.25, 0.3) is 0 Å². The Bertz CT molecular complexity index is 823. The highest BCUT2D eigenvalue weighted by molar-refractivity contribution is 6.02. The Kier molecular flexibility index (Phi) is 6.25. The van der Waals surface area contributed by atoms with Crippen LogP contribution in [0.15, 0.2) is 48.5 Å². The highest BCUT2D eigenvalue weighted by Crippen LogP contribution is 2.42. The van der Waals surface area contributed by atoms with Gasteiger partial charge in [-0.2, -0.15) is 0 Å². The number of ether oxygens (including phenoxy) is 2. The highest BCUT2D eigenvalue weighted by Gasteiger charge is 2.45. The smallest absolute Gasteiger partial charge is 0.258 e. The molecule has 150 valence electrons. The lowest BCUT2D eigenvalue weighted by Crippen LogP contribution is -2.59. The maximum Gasteiger partial charge on any atom is 0.258 e. The van der Waals surface area contributed by atoms with Crippen molar-refractivity contribution in [3.63, 3.8) is 0 Å². The van der Waals surface area contributed by atoms with Gasteiger partial charge in [0.25, 0.3) is 5.91 Å². The molecule has 1 heterocycles. The van der Waals surface area contributed by atoms with Gasteiger partial charge in [0.05, 0.1) is 12.2 Å². The Morgan fingerprint density at radius 2 is 1.79 bits per heavy atom. The number of amides is 1. The number of fused-ring (bicyclic) bond motifs is 1. The molecule has 5 heteroatoms. The van der Waals surface area contributed by atoms with Gasteiger partial charge in [0.1, 0.15) is 18.0 Å². The van der Waals surface area contributed by atoms with E-state index < -0.39 is 5.66 Å². The van der Waals surface area contributed by atoms with E-state index in [-0.39, 0.29) is 11.9 Å². The standard InChI is InChI=1S/C23H30N2O3/c1-5-17(3)25-22(26)18-11-7-9-13-20(18)24-23(25,4)19-12-8-10-14-21(19)28-16-15-27-6-2/h7-14,17,24H,5-6,15-16H2,1-4H3. The summed E-state index contributed by atoms with van der Waals surface area (Å²) in [5.74, 6) is 0.799. The van der Waals surface area contributed by atoms with Gasteiger partial charge in [-0.25, -0.2) is 0 Å². The first-order valence-corrected chi connectivity index (χ1v) is 10.0. The number of para-hydroxylation sites is 2. The second-order valence-corrected chi connectivity index (χ2v) is 7.22. The maximum atomic E-state index is 13.4. The second-order valence-electron chi connectivity index (χ2n) is 7.22. The van der Waals surface area contributed by atoms with Crippen LogP contribution in [0, 0.1) is 0 Å². The van der Waals surface area contributed by atoms with Crippen molar-refractivity contribution in [1.82, 2.24) is 4.90 Å². The molecule has 3 rings (SSSR count). The molecule has 0 aliphatic carbocycles. The van der Waals surface area contributed by atoms with E-state index in [4.69, 9.17) is 9.47 Å². The molecule has 2 aromatic rings. The first-order valence-electron chi connectivity index (χ1n) is 10.0. The molecule has 0 spiro atoms. The largest absolute Gasteiger partial charge is 0.491 e. The Morgan fingerprint density at radius 1 is 1.07 bits per heavy atom. The fourth-order valence-corrected chi connectivity index (χ4v) is 3.80. The van der Waals surface area contributed by atoms with Gasteiger partial charge >= 0.3 is 0 Å². The minimum atomic E-state index is -0.719. The lowest BCUT2D eigenvalue weighted by atomic mass is 9.91. The van der Waals surface area contributed by atoms with Crippen LogP contribution < -0.4 is 10.1 Å². The number of carbonyl (C=O) groups excluding carboxylic acids is 1. The van der Waals surface area contributed by atoms with Crippen molar-refractivity contribution in [2.24, 2.45) is 0 Å². The zero-order valence-corrected chi connectivity index (χ0v) is 17.2. The van der Waals surface area contributed by atoms with Gasteiger partial charge in [0, 0.05) is 23.9 Å². The summed E-state index contributed by atoms with van der Waals surface area (Å²) in [6.45, 7) is 9.87. The number of hydrogen-bond donors (Lipinski definition) is 1. The van der Waals surface area contributed by atoms with Crippen molar-refractivity contribution in [2.45, 2.75) is 45.8 Å². The van der Waals surface area contributed by atoms with E-state index >= 15 is 0 Å². The Morgan fingerprint density at radius 3 is 2.54 bits per heavy atom. The van der Waals surface area contributed by atoms with Gasteiger partial charge < -0.3 is 19.7 Å². The predicted octanol–water partition coefficient (Wildman–Crippen LogP) is 4.64. The predicted molar refractivity (Wildman–Crippen MR) is 112 cm³/mol. The number of hydrogen-bond acceptors (Lipinski definition) is 4. The SMILES string of the molecule is CCOCCOc1ccccc1C1(C)Nc2ccccc2C(=O)N1C(C)CC. The molecule has 1 aliphatic heterocycles. The number of nitrogens with zero attached hydrogens (tertiary/aromatic N) is 1. The van der Waals surface area contributed by atoms with E-state index in [9.17, 15) is 4.79 Å². The van der Waals surface area contributed by atoms with Gasteiger partial charge in [-0.3, -0.25) is 4.79 Å². The van der Waals surface area contributed by atoms with E-state index in [1.807, 2.05) is 60.4 Å². The van der Waals surface area contributed by atoms with Crippen LogP contribution in [0.5, 0.6) is 5.75 Å². The lowest BCUT2D eigenvalue weighted by Gasteiger charge is -2.49. The summed E-state index contributed by atoms with van der Waals surface area (Å²) in [6.07, 6.45) is 0.860. The lowest BCUT2D eigenvalue weighted by molar-refractivity contribution is 0.0388. The third-order valence-corrected chi connectivity index (χ3v) is 5.37. The molecular weight excluding hydrogens is 352 g/mol. The van der Waals surface area contributed by atoms with Crippen molar-refractivity contribution in [1.29, 1.82) is 0 Å². The molecule has 1 aliphatic rings. The highest BCUT2D eigenvalue weighted by atomic mass is 16.5. The van der Waals surface area contributed by atoms with E-state index in [1.54, 1.807) is 0 Å². The molecule has 1 amide bonds. The molecule has 0 fully saturated rings. The third-order valence-electron chi connectivity index (χ3n) is 5.37. The molecule has 28 heavy (non-hydrogen) atoms. The Hall–Kier alpha value is -2.53. The summed E-state index contributed by atoms with van der Waals surface area (Å²) in [7, 11) is 0. The van der Waals surface area contributed by atoms with Crippen molar-refractivity contribution < 1.29 is 14.3 Å². The molecule has 0 radical (unpaired) electrons. The summed E-state index contributed by atoms with van der Waals surface area (Å²) < 4.78 is 11.4. The number of rotatable bonds is 8. The number of carbonyl (C=O) groups is 1. The normalized spacial score (nSPS) is 19.7. The van der Waals surface area contributed by atoms with Crippen LogP contribution in [0.3, 0.4) is 0 Å². The van der Waals surface area contributed by atoms with Gasteiger partial charge in [-0.15, -0.1) is 0 Å². The molecule has 2 aromatic carbocycles. The van der Waals surface area contributed by atoms with Crippen LogP contribution in [-0.4, -0.2) is 36.7 Å². The molecule has 0 aromatic heterocycles. The number of benzene rings is 2. The first kappa shape index (κ1) is 20.2. The summed E-state index contributed by atoms with van der Waals surface area (Å²) in [5, 5.41) is 3.62. The Balaban J connectivity index is 2.04. The summed E-state index contributed by atoms with van der Waals surface area (Å²) >= 11 is 0. The summed E-state index contributed by atoms with van der Waals surface area (Å²) in [4.78, 5) is 15.4. The molecule has 2 atom stereocenters. The summed E-state index contributed by atoms with van der Waals surface area (Å²) in [5.41, 5.74) is 1.77. The van der Waals surface area contributed by atoms with Crippen LogP contribution in [0.4, 0.5) is 5.69 Å². The quantitative estimate of drug-likeness (QED) is 0.676. The molecule has 0 saturated heterocycles. The average Bonchev–Trinajstić information content (AvgIpc) is 2.71. The average molecular weight is 383 g/mol. The molecule has 1 N–H and O–H groups in total. The maximum absolute atomic E-state index is 13.4. The van der Waals surface area contributed by atoms with E-state index in [1.165, 1.54) is 0 Å². The van der Waals surface area contributed by atoms with Crippen molar-refractivity contribution >= 4 is 11.6 Å². The second kappa shape index (κ2) is 8.65. The molecule has 0 saturated carbocycles. The Labute approximate surface area is 167 Å². The van der Waals surface area contributed by atoms with E-state index in [2.05, 4.69) is 26.1 Å².